The van der Waals surface area contributed by atoms with E-state index >= 15 is 0 Å². The number of aliphatic hydroxyl groups is 1. The van der Waals surface area contributed by atoms with Gasteiger partial charge in [0.15, 0.2) is 6.10 Å². The molecule has 0 saturated heterocycles. The van der Waals surface area contributed by atoms with Crippen LogP contribution in [0.15, 0.2) is 109 Å². The molecule has 66 heavy (non-hydrogen) atoms. The first-order chi connectivity index (χ1) is 32.6. The van der Waals surface area contributed by atoms with Gasteiger partial charge in [0.05, 0.1) is 6.61 Å². The van der Waals surface area contributed by atoms with E-state index < -0.39 is 6.10 Å². The van der Waals surface area contributed by atoms with Crippen molar-refractivity contribution in [1.29, 1.82) is 0 Å². The maximum atomic E-state index is 12.3. The van der Waals surface area contributed by atoms with Crippen molar-refractivity contribution in [2.24, 2.45) is 0 Å². The minimum Gasteiger partial charge on any atom is -0.462 e. The van der Waals surface area contributed by atoms with Gasteiger partial charge in [-0.25, -0.2) is 0 Å². The van der Waals surface area contributed by atoms with Gasteiger partial charge in [0.2, 0.25) is 0 Å². The molecule has 0 aromatic rings. The Balaban J connectivity index is 3.50. The van der Waals surface area contributed by atoms with E-state index in [0.717, 1.165) is 103 Å². The SMILES string of the molecule is CC/C=C\C/C=C\C/C=C\C/C=C\C/C=C\CCCCCC(=O)OC(CO)COC(=O)CCCCCCCCCCCCCCCCCCCCCC/C=C\C/C=C\C/C=C\C/C=C\CC. The number of carbonyl (C=O) groups excluding carboxylic acids is 2. The first-order valence-electron chi connectivity index (χ1n) is 27.4. The van der Waals surface area contributed by atoms with E-state index in [9.17, 15) is 14.7 Å². The zero-order valence-electron chi connectivity index (χ0n) is 42.9. The van der Waals surface area contributed by atoms with Crippen molar-refractivity contribution in [3.63, 3.8) is 0 Å². The molecule has 0 aliphatic carbocycles. The summed E-state index contributed by atoms with van der Waals surface area (Å²) in [4.78, 5) is 24.5. The predicted octanol–water partition coefficient (Wildman–Crippen LogP) is 18.5. The number of carbonyl (C=O) groups is 2. The lowest BCUT2D eigenvalue weighted by molar-refractivity contribution is -0.161. The van der Waals surface area contributed by atoms with Crippen molar-refractivity contribution in [3.05, 3.63) is 109 Å². The van der Waals surface area contributed by atoms with E-state index in [-0.39, 0.29) is 25.2 Å². The summed E-state index contributed by atoms with van der Waals surface area (Å²) in [5.74, 6) is -0.627. The third-order valence-electron chi connectivity index (χ3n) is 11.6. The molecular formula is C61H102O5. The first kappa shape index (κ1) is 62.6. The fourth-order valence-corrected chi connectivity index (χ4v) is 7.51. The second-order valence-electron chi connectivity index (χ2n) is 17.9. The molecule has 0 radical (unpaired) electrons. The lowest BCUT2D eigenvalue weighted by atomic mass is 10.0. The molecule has 0 aliphatic heterocycles. The van der Waals surface area contributed by atoms with E-state index in [1.807, 2.05) is 0 Å². The fourth-order valence-electron chi connectivity index (χ4n) is 7.51. The van der Waals surface area contributed by atoms with Gasteiger partial charge in [0.25, 0.3) is 0 Å². The van der Waals surface area contributed by atoms with Gasteiger partial charge in [-0.05, 0) is 96.3 Å². The molecule has 0 saturated carbocycles. The summed E-state index contributed by atoms with van der Waals surface area (Å²) in [5, 5.41) is 9.63. The standard InChI is InChI=1S/C61H102O5/c1-3-5-7-9-11-13-15-17-19-21-23-24-25-26-27-28-29-30-31-32-33-34-35-36-38-39-41-43-45-47-49-51-53-55-60(63)65-58-59(57-62)66-61(64)56-54-52-50-48-46-44-42-40-37-22-20-18-16-14-12-10-8-6-4-2/h5-8,11-14,17-20,23-24,37,40,44,46,59,62H,3-4,9-10,15-16,21-22,25-36,38-39,41-43,45,47-58H2,1-2H3/b7-5-,8-6-,13-11-,14-12-,19-17-,20-18-,24-23-,40-37-,46-44-. The van der Waals surface area contributed by atoms with E-state index in [1.54, 1.807) is 0 Å². The van der Waals surface area contributed by atoms with Gasteiger partial charge in [-0.3, -0.25) is 9.59 Å². The third-order valence-corrected chi connectivity index (χ3v) is 11.6. The zero-order chi connectivity index (χ0) is 47.7. The van der Waals surface area contributed by atoms with Crippen molar-refractivity contribution in [3.8, 4) is 0 Å². The van der Waals surface area contributed by atoms with Crippen LogP contribution in [-0.2, 0) is 19.1 Å². The van der Waals surface area contributed by atoms with Gasteiger partial charge in [-0.1, -0.05) is 245 Å². The Morgan fingerprint density at radius 2 is 0.606 bits per heavy atom. The molecule has 1 unspecified atom stereocenters. The van der Waals surface area contributed by atoms with Gasteiger partial charge in [0, 0.05) is 12.8 Å². The Morgan fingerprint density at radius 1 is 0.348 bits per heavy atom. The molecule has 5 nitrogen and oxygen atoms in total. The largest absolute Gasteiger partial charge is 0.462 e. The van der Waals surface area contributed by atoms with Crippen molar-refractivity contribution in [2.75, 3.05) is 13.2 Å². The van der Waals surface area contributed by atoms with Gasteiger partial charge in [0.1, 0.15) is 6.61 Å². The van der Waals surface area contributed by atoms with Crippen molar-refractivity contribution >= 4 is 11.9 Å². The Bertz CT molecular complexity index is 1310. The molecule has 376 valence electrons. The molecule has 5 heteroatoms. The Hall–Kier alpha value is -3.44. The quantitative estimate of drug-likeness (QED) is 0.0374. The highest BCUT2D eigenvalue weighted by molar-refractivity contribution is 5.70. The molecule has 0 aromatic carbocycles. The Labute approximate surface area is 408 Å². The van der Waals surface area contributed by atoms with Crippen LogP contribution < -0.4 is 0 Å². The van der Waals surface area contributed by atoms with E-state index in [4.69, 9.17) is 9.47 Å². The second kappa shape index (κ2) is 55.9. The fraction of sp³-hybridized carbons (Fsp3) is 0.672. The summed E-state index contributed by atoms with van der Waals surface area (Å²) in [7, 11) is 0. The number of unbranched alkanes of at least 4 members (excludes halogenated alkanes) is 23. The van der Waals surface area contributed by atoms with Gasteiger partial charge in [-0.2, -0.15) is 0 Å². The summed E-state index contributed by atoms with van der Waals surface area (Å²) in [6, 6.07) is 0. The van der Waals surface area contributed by atoms with Gasteiger partial charge in [-0.15, -0.1) is 0 Å². The van der Waals surface area contributed by atoms with Crippen molar-refractivity contribution < 1.29 is 24.2 Å². The van der Waals surface area contributed by atoms with Gasteiger partial charge >= 0.3 is 11.9 Å². The molecule has 1 atom stereocenters. The minimum absolute atomic E-state index is 0.0829. The van der Waals surface area contributed by atoms with Gasteiger partial charge < -0.3 is 14.6 Å². The van der Waals surface area contributed by atoms with Crippen LogP contribution in [0.25, 0.3) is 0 Å². The molecule has 0 spiro atoms. The van der Waals surface area contributed by atoms with Crippen molar-refractivity contribution in [2.45, 2.75) is 251 Å². The molecule has 0 aromatic heterocycles. The lowest BCUT2D eigenvalue weighted by Crippen LogP contribution is -2.28. The number of hydrogen-bond acceptors (Lipinski definition) is 5. The average Bonchev–Trinajstić information content (AvgIpc) is 3.32. The van der Waals surface area contributed by atoms with Crippen LogP contribution in [0.2, 0.25) is 0 Å². The molecular weight excluding hydrogens is 813 g/mol. The summed E-state index contributed by atoms with van der Waals surface area (Å²) < 4.78 is 10.7. The van der Waals surface area contributed by atoms with Crippen LogP contribution in [0.4, 0.5) is 0 Å². The second-order valence-corrected chi connectivity index (χ2v) is 17.9. The number of esters is 2. The summed E-state index contributed by atoms with van der Waals surface area (Å²) in [5.41, 5.74) is 0. The molecule has 1 N–H and O–H groups in total. The smallest absolute Gasteiger partial charge is 0.306 e. The molecule has 0 heterocycles. The number of allylic oxidation sites excluding steroid dienone is 18. The van der Waals surface area contributed by atoms with E-state index in [1.165, 1.54) is 116 Å². The van der Waals surface area contributed by atoms with E-state index in [2.05, 4.69) is 123 Å². The topological polar surface area (TPSA) is 72.8 Å². The van der Waals surface area contributed by atoms with Crippen LogP contribution in [0.1, 0.15) is 245 Å². The minimum atomic E-state index is -0.795. The molecule has 0 rings (SSSR count). The summed E-state index contributed by atoms with van der Waals surface area (Å²) >= 11 is 0. The van der Waals surface area contributed by atoms with Crippen LogP contribution in [0, 0.1) is 0 Å². The van der Waals surface area contributed by atoms with Crippen LogP contribution in [0.3, 0.4) is 0 Å². The average molecular weight is 915 g/mol. The van der Waals surface area contributed by atoms with Crippen molar-refractivity contribution in [1.82, 2.24) is 0 Å². The number of ether oxygens (including phenoxy) is 2. The number of aliphatic hydroxyl groups excluding tert-OH is 1. The normalized spacial score (nSPS) is 13.1. The zero-order valence-corrected chi connectivity index (χ0v) is 42.9. The van der Waals surface area contributed by atoms with Crippen LogP contribution in [0.5, 0.6) is 0 Å². The molecule has 0 fully saturated rings. The molecule has 0 bridgehead atoms. The highest BCUT2D eigenvalue weighted by Crippen LogP contribution is 2.16. The van der Waals surface area contributed by atoms with E-state index in [0.29, 0.717) is 12.8 Å². The van der Waals surface area contributed by atoms with Crippen LogP contribution >= 0.6 is 0 Å². The summed E-state index contributed by atoms with van der Waals surface area (Å²) in [6.45, 7) is 3.89. The number of rotatable bonds is 49. The highest BCUT2D eigenvalue weighted by atomic mass is 16.6. The highest BCUT2D eigenvalue weighted by Gasteiger charge is 2.16. The monoisotopic (exact) mass is 915 g/mol. The van der Waals surface area contributed by atoms with Crippen LogP contribution in [-0.4, -0.2) is 36.4 Å². The first-order valence-corrected chi connectivity index (χ1v) is 27.4. The maximum absolute atomic E-state index is 12.3. The Kier molecular flexibility index (Phi) is 53.0. The third kappa shape index (κ3) is 53.2. The lowest BCUT2D eigenvalue weighted by Gasteiger charge is -2.15. The molecule has 0 aliphatic rings. The Morgan fingerprint density at radius 3 is 0.924 bits per heavy atom. The predicted molar refractivity (Wildman–Crippen MR) is 288 cm³/mol. The maximum Gasteiger partial charge on any atom is 0.306 e. The number of hydrogen-bond donors (Lipinski definition) is 1. The molecule has 0 amide bonds. The summed E-state index contributed by atoms with van der Waals surface area (Å²) in [6.07, 6.45) is 80.6.